The van der Waals surface area contributed by atoms with Crippen molar-refractivity contribution in [1.82, 2.24) is 4.90 Å². The van der Waals surface area contributed by atoms with Crippen LogP contribution in [0.25, 0.3) is 0 Å². The van der Waals surface area contributed by atoms with Crippen LogP contribution in [0.5, 0.6) is 0 Å². The maximum atomic E-state index is 13.1. The summed E-state index contributed by atoms with van der Waals surface area (Å²) in [4.78, 5) is 27.0. The van der Waals surface area contributed by atoms with Crippen molar-refractivity contribution in [3.63, 3.8) is 0 Å². The number of fused-ring (bicyclic) bond motifs is 3. The second-order valence-corrected chi connectivity index (χ2v) is 12.0. The normalized spacial score (nSPS) is 29.7. The molecule has 0 saturated heterocycles. The zero-order valence-electron chi connectivity index (χ0n) is 17.7. The van der Waals surface area contributed by atoms with E-state index in [1.165, 1.54) is 5.56 Å². The number of hydrogen-bond acceptors (Lipinski definition) is 4. The molecule has 0 radical (unpaired) electrons. The van der Waals surface area contributed by atoms with Gasteiger partial charge in [0.2, 0.25) is 15.9 Å². The van der Waals surface area contributed by atoms with Crippen LogP contribution < -0.4 is 4.72 Å². The summed E-state index contributed by atoms with van der Waals surface area (Å²) in [6.45, 7) is 5.37. The Bertz CT molecular complexity index is 1030. The second kappa shape index (κ2) is 6.55. The number of nitrogens with zero attached hydrogens (tertiary/aromatic N) is 1. The molecule has 5 rings (SSSR count). The predicted molar refractivity (Wildman–Crippen MR) is 114 cm³/mol. The summed E-state index contributed by atoms with van der Waals surface area (Å²) in [5.74, 6) is 0.664. The number of ketones is 1. The van der Waals surface area contributed by atoms with Gasteiger partial charge < -0.3 is 4.90 Å². The van der Waals surface area contributed by atoms with Gasteiger partial charge in [0.15, 0.2) is 0 Å². The summed E-state index contributed by atoms with van der Waals surface area (Å²) in [6, 6.07) is 5.61. The molecule has 6 nitrogen and oxygen atoms in total. The summed E-state index contributed by atoms with van der Waals surface area (Å²) < 4.78 is 28.9. The lowest BCUT2D eigenvalue weighted by molar-refractivity contribution is -0.133. The molecule has 4 aliphatic rings. The highest BCUT2D eigenvalue weighted by atomic mass is 32.2. The number of carbonyl (C=O) groups excluding carboxylic acids is 2. The first-order valence-corrected chi connectivity index (χ1v) is 12.7. The molecule has 1 aromatic rings. The third-order valence-corrected chi connectivity index (χ3v) is 9.73. The van der Waals surface area contributed by atoms with Gasteiger partial charge in [-0.25, -0.2) is 8.42 Å². The lowest BCUT2D eigenvalue weighted by Gasteiger charge is -2.36. The Kier molecular flexibility index (Phi) is 4.38. The van der Waals surface area contributed by atoms with Gasteiger partial charge >= 0.3 is 0 Å². The first-order chi connectivity index (χ1) is 14.1. The number of sulfonamides is 1. The average Bonchev–Trinajstić information content (AvgIpc) is 3.47. The molecular weight excluding hydrogens is 400 g/mol. The Morgan fingerprint density at radius 3 is 2.60 bits per heavy atom. The monoisotopic (exact) mass is 430 g/mol. The third kappa shape index (κ3) is 3.08. The fourth-order valence-electron chi connectivity index (χ4n) is 6.05. The van der Waals surface area contributed by atoms with Gasteiger partial charge in [-0.05, 0) is 66.7 Å². The Balaban J connectivity index is 1.34. The summed E-state index contributed by atoms with van der Waals surface area (Å²) >= 11 is 0. The van der Waals surface area contributed by atoms with E-state index in [0.717, 1.165) is 37.8 Å². The molecule has 0 aromatic heterocycles. The minimum Gasteiger partial charge on any atom is -0.338 e. The maximum absolute atomic E-state index is 13.1. The minimum atomic E-state index is -3.68. The number of Topliss-reactive ketones (excluding diaryl/α,β-unsaturated/α-hetero) is 1. The van der Waals surface area contributed by atoms with E-state index in [1.54, 1.807) is 6.07 Å². The van der Waals surface area contributed by atoms with Crippen LogP contribution in [0.3, 0.4) is 0 Å². The van der Waals surface area contributed by atoms with E-state index < -0.39 is 15.4 Å². The molecule has 3 saturated carbocycles. The molecule has 2 bridgehead atoms. The highest BCUT2D eigenvalue weighted by Crippen LogP contribution is 2.64. The van der Waals surface area contributed by atoms with Gasteiger partial charge in [-0.1, -0.05) is 19.9 Å². The highest BCUT2D eigenvalue weighted by Gasteiger charge is 2.65. The smallest absolute Gasteiger partial charge is 0.233 e. The Morgan fingerprint density at radius 1 is 1.20 bits per heavy atom. The molecule has 1 amide bonds. The summed E-state index contributed by atoms with van der Waals surface area (Å²) in [5.41, 5.74) is 1.64. The maximum Gasteiger partial charge on any atom is 0.233 e. The van der Waals surface area contributed by atoms with Gasteiger partial charge in [0, 0.05) is 31.1 Å². The summed E-state index contributed by atoms with van der Waals surface area (Å²) in [7, 11) is -3.68. The average molecular weight is 431 g/mol. The van der Waals surface area contributed by atoms with Crippen molar-refractivity contribution in [3.05, 3.63) is 29.3 Å². The van der Waals surface area contributed by atoms with Crippen LogP contribution in [-0.4, -0.2) is 37.3 Å². The molecule has 162 valence electrons. The molecule has 3 fully saturated rings. The van der Waals surface area contributed by atoms with Crippen molar-refractivity contribution in [2.45, 2.75) is 58.9 Å². The van der Waals surface area contributed by atoms with Crippen LogP contribution in [-0.2, 0) is 32.6 Å². The van der Waals surface area contributed by atoms with E-state index in [2.05, 4.69) is 18.6 Å². The Morgan fingerprint density at radius 2 is 1.97 bits per heavy atom. The molecule has 2 atom stereocenters. The SMILES string of the molecule is CC1(C)[C@H]2CC[C@@]1(CS(=O)(=O)Nc1ccc3c(c1)CN(C(=O)C1CC1)CC3)C(=O)C2. The number of amides is 1. The Hall–Kier alpha value is -1.89. The van der Waals surface area contributed by atoms with E-state index in [9.17, 15) is 18.0 Å². The van der Waals surface area contributed by atoms with Gasteiger partial charge in [-0.3, -0.25) is 14.3 Å². The van der Waals surface area contributed by atoms with Crippen LogP contribution in [0.2, 0.25) is 0 Å². The van der Waals surface area contributed by atoms with Crippen LogP contribution >= 0.6 is 0 Å². The van der Waals surface area contributed by atoms with E-state index in [-0.39, 0.29) is 28.8 Å². The van der Waals surface area contributed by atoms with Crippen LogP contribution in [0, 0.1) is 22.7 Å². The molecule has 1 heterocycles. The zero-order valence-corrected chi connectivity index (χ0v) is 18.6. The lowest BCUT2D eigenvalue weighted by Crippen LogP contribution is -2.43. The lowest BCUT2D eigenvalue weighted by atomic mass is 9.70. The predicted octanol–water partition coefficient (Wildman–Crippen LogP) is 3.12. The summed E-state index contributed by atoms with van der Waals surface area (Å²) in [6.07, 6.45) is 4.87. The topological polar surface area (TPSA) is 83.6 Å². The quantitative estimate of drug-likeness (QED) is 0.778. The van der Waals surface area contributed by atoms with Crippen molar-refractivity contribution in [2.75, 3.05) is 17.0 Å². The molecule has 1 aliphatic heterocycles. The fourth-order valence-corrected chi connectivity index (χ4v) is 7.93. The molecule has 30 heavy (non-hydrogen) atoms. The molecule has 7 heteroatoms. The van der Waals surface area contributed by atoms with Crippen LogP contribution in [0.4, 0.5) is 5.69 Å². The van der Waals surface area contributed by atoms with Crippen LogP contribution in [0.1, 0.15) is 57.1 Å². The van der Waals surface area contributed by atoms with E-state index in [0.29, 0.717) is 31.0 Å². The largest absolute Gasteiger partial charge is 0.338 e. The molecule has 0 unspecified atom stereocenters. The van der Waals surface area contributed by atoms with Gasteiger partial charge in [0.1, 0.15) is 5.78 Å². The molecule has 3 aliphatic carbocycles. The number of benzene rings is 1. The number of rotatable bonds is 5. The molecule has 1 N–H and O–H groups in total. The number of carbonyl (C=O) groups is 2. The van der Waals surface area contributed by atoms with Gasteiger partial charge in [0.25, 0.3) is 0 Å². The van der Waals surface area contributed by atoms with Crippen molar-refractivity contribution < 1.29 is 18.0 Å². The first kappa shape index (κ1) is 20.0. The molecule has 1 aromatic carbocycles. The number of anilines is 1. The molecular formula is C23H30N2O4S. The zero-order chi connectivity index (χ0) is 21.3. The first-order valence-electron chi connectivity index (χ1n) is 11.1. The number of nitrogens with one attached hydrogen (secondary N) is 1. The van der Waals surface area contributed by atoms with Gasteiger partial charge in [-0.15, -0.1) is 0 Å². The van der Waals surface area contributed by atoms with E-state index in [4.69, 9.17) is 0 Å². The standard InChI is InChI=1S/C23H30N2O4S/c1-22(2)18-7-9-23(22,20(26)12-18)14-30(28,29)24-19-6-5-15-8-10-25(13-17(15)11-19)21(27)16-3-4-16/h5-6,11,16,18,24H,3-4,7-10,12-14H2,1-2H3/t18-,23+/m0/s1. The van der Waals surface area contributed by atoms with E-state index in [1.807, 2.05) is 17.0 Å². The summed E-state index contributed by atoms with van der Waals surface area (Å²) in [5, 5.41) is 0. The fraction of sp³-hybridized carbons (Fsp3) is 0.652. The second-order valence-electron chi connectivity index (χ2n) is 10.3. The van der Waals surface area contributed by atoms with Crippen molar-refractivity contribution in [1.29, 1.82) is 0 Å². The van der Waals surface area contributed by atoms with Crippen molar-refractivity contribution in [3.8, 4) is 0 Å². The van der Waals surface area contributed by atoms with Crippen LogP contribution in [0.15, 0.2) is 18.2 Å². The molecule has 0 spiro atoms. The minimum absolute atomic E-state index is 0.105. The highest BCUT2D eigenvalue weighted by molar-refractivity contribution is 7.92. The van der Waals surface area contributed by atoms with Crippen molar-refractivity contribution >= 4 is 27.4 Å². The van der Waals surface area contributed by atoms with Crippen molar-refractivity contribution in [2.24, 2.45) is 22.7 Å². The van der Waals surface area contributed by atoms with Gasteiger partial charge in [-0.2, -0.15) is 0 Å². The number of hydrogen-bond donors (Lipinski definition) is 1. The van der Waals surface area contributed by atoms with Gasteiger partial charge in [0.05, 0.1) is 11.2 Å². The third-order valence-electron chi connectivity index (χ3n) is 8.31. The van der Waals surface area contributed by atoms with E-state index >= 15 is 0 Å². The Labute approximate surface area is 178 Å².